The molecule has 2 aromatic rings. The molecule has 0 aliphatic rings. The molecule has 1 amide bonds. The summed E-state index contributed by atoms with van der Waals surface area (Å²) in [6, 6.07) is 9.82. The predicted octanol–water partition coefficient (Wildman–Crippen LogP) is 4.56. The molecular weight excluding hydrogens is 391 g/mol. The Bertz CT molecular complexity index is 936. The van der Waals surface area contributed by atoms with E-state index >= 15 is 0 Å². The second kappa shape index (κ2) is 9.17. The highest BCUT2D eigenvalue weighted by atomic mass is 35.5. The van der Waals surface area contributed by atoms with Crippen molar-refractivity contribution in [1.82, 2.24) is 0 Å². The highest BCUT2D eigenvalue weighted by molar-refractivity contribution is 6.32. The number of ether oxygens (including phenoxy) is 3. The molecular formula is C19H16Cl2N2O4. The summed E-state index contributed by atoms with van der Waals surface area (Å²) in [6.45, 7) is 0. The van der Waals surface area contributed by atoms with Gasteiger partial charge in [-0.15, -0.1) is 0 Å². The molecule has 0 saturated carbocycles. The molecule has 0 spiro atoms. The summed E-state index contributed by atoms with van der Waals surface area (Å²) < 4.78 is 15.4. The molecule has 0 radical (unpaired) electrons. The Labute approximate surface area is 166 Å². The van der Waals surface area contributed by atoms with Crippen molar-refractivity contribution in [2.24, 2.45) is 0 Å². The normalized spacial score (nSPS) is 10.7. The minimum atomic E-state index is -0.618. The highest BCUT2D eigenvalue weighted by Gasteiger charge is 2.15. The maximum absolute atomic E-state index is 12.5. The van der Waals surface area contributed by atoms with Gasteiger partial charge in [-0.05, 0) is 23.8 Å². The van der Waals surface area contributed by atoms with Gasteiger partial charge in [0.1, 0.15) is 28.9 Å². The SMILES string of the molecule is COc1ccc(/C=C(\C#N)C(=O)Nc2cc(OC)c(Cl)cc2OC)cc1Cl. The first-order valence-electron chi connectivity index (χ1n) is 7.61. The fourth-order valence-corrected chi connectivity index (χ4v) is 2.73. The van der Waals surface area contributed by atoms with E-state index in [1.807, 2.05) is 6.07 Å². The lowest BCUT2D eigenvalue weighted by atomic mass is 10.1. The van der Waals surface area contributed by atoms with Crippen LogP contribution >= 0.6 is 23.2 Å². The van der Waals surface area contributed by atoms with Crippen molar-refractivity contribution < 1.29 is 19.0 Å². The van der Waals surface area contributed by atoms with Crippen LogP contribution in [0.25, 0.3) is 6.08 Å². The quantitative estimate of drug-likeness (QED) is 0.561. The smallest absolute Gasteiger partial charge is 0.266 e. The summed E-state index contributed by atoms with van der Waals surface area (Å²) in [6.07, 6.45) is 1.42. The summed E-state index contributed by atoms with van der Waals surface area (Å²) >= 11 is 12.1. The molecule has 0 aliphatic carbocycles. The Kier molecular flexibility index (Phi) is 6.94. The number of nitriles is 1. The number of hydrogen-bond acceptors (Lipinski definition) is 5. The van der Waals surface area contributed by atoms with Gasteiger partial charge in [-0.3, -0.25) is 4.79 Å². The molecule has 27 heavy (non-hydrogen) atoms. The van der Waals surface area contributed by atoms with Gasteiger partial charge >= 0.3 is 0 Å². The van der Waals surface area contributed by atoms with Crippen molar-refractivity contribution in [3.63, 3.8) is 0 Å². The Morgan fingerprint density at radius 3 is 2.19 bits per heavy atom. The van der Waals surface area contributed by atoms with Crippen LogP contribution in [0.3, 0.4) is 0 Å². The van der Waals surface area contributed by atoms with Gasteiger partial charge in [0.2, 0.25) is 0 Å². The monoisotopic (exact) mass is 406 g/mol. The predicted molar refractivity (Wildman–Crippen MR) is 105 cm³/mol. The van der Waals surface area contributed by atoms with E-state index in [-0.39, 0.29) is 5.57 Å². The number of halogens is 2. The lowest BCUT2D eigenvalue weighted by Gasteiger charge is -2.13. The van der Waals surface area contributed by atoms with E-state index < -0.39 is 5.91 Å². The van der Waals surface area contributed by atoms with Crippen molar-refractivity contribution >= 4 is 40.9 Å². The number of hydrogen-bond donors (Lipinski definition) is 1. The van der Waals surface area contributed by atoms with Gasteiger partial charge < -0.3 is 19.5 Å². The number of rotatable bonds is 6. The first-order valence-corrected chi connectivity index (χ1v) is 8.37. The minimum absolute atomic E-state index is 0.118. The lowest BCUT2D eigenvalue weighted by molar-refractivity contribution is -0.112. The van der Waals surface area contributed by atoms with E-state index in [0.717, 1.165) is 0 Å². The summed E-state index contributed by atoms with van der Waals surface area (Å²) in [7, 11) is 4.39. The molecule has 2 aromatic carbocycles. The zero-order chi connectivity index (χ0) is 20.0. The Hall–Kier alpha value is -2.88. The number of benzene rings is 2. The van der Waals surface area contributed by atoms with Gasteiger partial charge in [-0.2, -0.15) is 5.26 Å². The Balaban J connectivity index is 2.33. The zero-order valence-electron chi connectivity index (χ0n) is 14.8. The van der Waals surface area contributed by atoms with Gasteiger partial charge in [0.05, 0.1) is 37.1 Å². The largest absolute Gasteiger partial charge is 0.495 e. The van der Waals surface area contributed by atoms with Gasteiger partial charge in [-0.25, -0.2) is 0 Å². The number of nitrogens with one attached hydrogen (secondary N) is 1. The number of carbonyl (C=O) groups excluding carboxylic acids is 1. The fourth-order valence-electron chi connectivity index (χ4n) is 2.24. The van der Waals surface area contributed by atoms with Crippen LogP contribution in [0.15, 0.2) is 35.9 Å². The van der Waals surface area contributed by atoms with E-state index in [1.54, 1.807) is 18.2 Å². The molecule has 0 unspecified atom stereocenters. The van der Waals surface area contributed by atoms with E-state index in [0.29, 0.717) is 38.5 Å². The molecule has 0 fully saturated rings. The summed E-state index contributed by atoms with van der Waals surface area (Å²) in [5, 5.41) is 12.7. The maximum Gasteiger partial charge on any atom is 0.266 e. The molecule has 8 heteroatoms. The van der Waals surface area contributed by atoms with Crippen LogP contribution in [-0.4, -0.2) is 27.2 Å². The van der Waals surface area contributed by atoms with Crippen LogP contribution in [0.5, 0.6) is 17.2 Å². The Morgan fingerprint density at radius 2 is 1.63 bits per heavy atom. The third-order valence-corrected chi connectivity index (χ3v) is 4.16. The number of methoxy groups -OCH3 is 3. The third kappa shape index (κ3) is 4.85. The van der Waals surface area contributed by atoms with Gasteiger partial charge in [-0.1, -0.05) is 29.3 Å². The van der Waals surface area contributed by atoms with Crippen LogP contribution in [0.4, 0.5) is 5.69 Å². The number of anilines is 1. The van der Waals surface area contributed by atoms with Crippen molar-refractivity contribution in [3.05, 3.63) is 51.5 Å². The summed E-state index contributed by atoms with van der Waals surface area (Å²) in [4.78, 5) is 12.5. The topological polar surface area (TPSA) is 80.6 Å². The van der Waals surface area contributed by atoms with Gasteiger partial charge in [0.15, 0.2) is 0 Å². The van der Waals surface area contributed by atoms with Crippen molar-refractivity contribution in [2.45, 2.75) is 0 Å². The summed E-state index contributed by atoms with van der Waals surface area (Å²) in [5.74, 6) is 0.568. The average molecular weight is 407 g/mol. The van der Waals surface area contributed by atoms with Gasteiger partial charge in [0, 0.05) is 12.1 Å². The van der Waals surface area contributed by atoms with Gasteiger partial charge in [0.25, 0.3) is 5.91 Å². The van der Waals surface area contributed by atoms with E-state index in [1.165, 1.54) is 39.5 Å². The van der Waals surface area contributed by atoms with E-state index in [2.05, 4.69) is 5.32 Å². The second-order valence-electron chi connectivity index (χ2n) is 5.20. The molecule has 1 N–H and O–H groups in total. The van der Waals surface area contributed by atoms with Crippen molar-refractivity contribution in [2.75, 3.05) is 26.6 Å². The number of carbonyl (C=O) groups is 1. The van der Waals surface area contributed by atoms with Crippen LogP contribution in [0, 0.1) is 11.3 Å². The molecule has 0 heterocycles. The molecule has 0 saturated heterocycles. The zero-order valence-corrected chi connectivity index (χ0v) is 16.3. The maximum atomic E-state index is 12.5. The number of amides is 1. The Morgan fingerprint density at radius 1 is 1.00 bits per heavy atom. The standard InChI is InChI=1S/C19H16Cl2N2O4/c1-25-16-5-4-11(7-13(16)20)6-12(10-22)19(24)23-15-9-17(26-2)14(21)8-18(15)27-3/h4-9H,1-3H3,(H,23,24)/b12-6+. The fraction of sp³-hybridized carbons (Fsp3) is 0.158. The molecule has 0 bridgehead atoms. The van der Waals surface area contributed by atoms with E-state index in [4.69, 9.17) is 37.4 Å². The first-order chi connectivity index (χ1) is 12.9. The number of nitrogens with zero attached hydrogens (tertiary/aromatic N) is 1. The summed E-state index contributed by atoms with van der Waals surface area (Å²) in [5.41, 5.74) is 0.776. The molecule has 0 aliphatic heterocycles. The second-order valence-corrected chi connectivity index (χ2v) is 6.02. The third-order valence-electron chi connectivity index (χ3n) is 3.57. The van der Waals surface area contributed by atoms with Crippen LogP contribution in [-0.2, 0) is 4.79 Å². The minimum Gasteiger partial charge on any atom is -0.495 e. The molecule has 140 valence electrons. The van der Waals surface area contributed by atoms with Crippen LogP contribution < -0.4 is 19.5 Å². The highest BCUT2D eigenvalue weighted by Crippen LogP contribution is 2.36. The van der Waals surface area contributed by atoms with Crippen LogP contribution in [0.2, 0.25) is 10.0 Å². The first kappa shape index (κ1) is 20.4. The van der Waals surface area contributed by atoms with Crippen LogP contribution in [0.1, 0.15) is 5.56 Å². The average Bonchev–Trinajstić information content (AvgIpc) is 2.67. The molecule has 6 nitrogen and oxygen atoms in total. The van der Waals surface area contributed by atoms with Crippen molar-refractivity contribution in [3.8, 4) is 23.3 Å². The molecule has 0 aromatic heterocycles. The molecule has 2 rings (SSSR count). The van der Waals surface area contributed by atoms with E-state index in [9.17, 15) is 10.1 Å². The lowest BCUT2D eigenvalue weighted by Crippen LogP contribution is -2.14. The molecule has 0 atom stereocenters. The van der Waals surface area contributed by atoms with Crippen molar-refractivity contribution in [1.29, 1.82) is 5.26 Å².